The molecule has 1 aromatic rings. The molecule has 0 aromatic heterocycles. The topological polar surface area (TPSA) is 66.6 Å². The normalized spacial score (nSPS) is 16.4. The zero-order valence-corrected chi connectivity index (χ0v) is 10.7. The van der Waals surface area contributed by atoms with Crippen LogP contribution in [0.2, 0.25) is 0 Å². The van der Waals surface area contributed by atoms with Gasteiger partial charge in [-0.1, -0.05) is 0 Å². The van der Waals surface area contributed by atoms with Gasteiger partial charge < -0.3 is 15.5 Å². The van der Waals surface area contributed by atoms with Crippen molar-refractivity contribution in [1.29, 1.82) is 0 Å². The molecular weight excluding hydrogens is 249 g/mol. The maximum Gasteiger partial charge on any atom is 0.254 e. The van der Waals surface area contributed by atoms with Gasteiger partial charge in [0.25, 0.3) is 5.91 Å². The Balaban J connectivity index is 2.21. The second kappa shape index (κ2) is 5.26. The predicted octanol–water partition coefficient (Wildman–Crippen LogP) is 0.712. The van der Waals surface area contributed by atoms with Crippen LogP contribution in [0.1, 0.15) is 16.8 Å². The van der Waals surface area contributed by atoms with Gasteiger partial charge in [-0.15, -0.1) is 0 Å². The third-order valence-electron chi connectivity index (χ3n) is 3.13. The molecule has 1 aromatic carbocycles. The summed E-state index contributed by atoms with van der Waals surface area (Å²) in [4.78, 5) is 27.0. The van der Waals surface area contributed by atoms with Crippen LogP contribution in [0.25, 0.3) is 0 Å². The van der Waals surface area contributed by atoms with Crippen LogP contribution in [0.5, 0.6) is 0 Å². The molecule has 1 fully saturated rings. The highest BCUT2D eigenvalue weighted by molar-refractivity contribution is 5.97. The van der Waals surface area contributed by atoms with Crippen molar-refractivity contribution in [3.8, 4) is 0 Å². The summed E-state index contributed by atoms with van der Waals surface area (Å²) in [6.07, 6.45) is 0.707. The van der Waals surface area contributed by atoms with Crippen molar-refractivity contribution in [3.05, 3.63) is 29.6 Å². The van der Waals surface area contributed by atoms with Crippen molar-refractivity contribution >= 4 is 17.5 Å². The Morgan fingerprint density at radius 2 is 2.05 bits per heavy atom. The Morgan fingerprint density at radius 3 is 2.74 bits per heavy atom. The number of nitrogens with two attached hydrogens (primary N) is 1. The molecule has 1 heterocycles. The molecule has 2 amide bonds. The number of amides is 2. The Bertz CT molecular complexity index is 498. The van der Waals surface area contributed by atoms with E-state index in [0.717, 1.165) is 12.1 Å². The maximum atomic E-state index is 13.2. The first-order valence-corrected chi connectivity index (χ1v) is 6.06. The number of carbonyl (C=O) groups excluding carboxylic acids is 2. The van der Waals surface area contributed by atoms with E-state index in [1.54, 1.807) is 11.9 Å². The molecule has 0 atom stereocenters. The number of carbonyl (C=O) groups is 2. The van der Waals surface area contributed by atoms with E-state index < -0.39 is 5.82 Å². The Kier molecular flexibility index (Phi) is 3.69. The average Bonchev–Trinajstić information content (AvgIpc) is 2.50. The minimum atomic E-state index is -0.554. The maximum absolute atomic E-state index is 13.2. The quantitative estimate of drug-likeness (QED) is 0.761. The summed E-state index contributed by atoms with van der Waals surface area (Å²) >= 11 is 0. The summed E-state index contributed by atoms with van der Waals surface area (Å²) in [6, 6.07) is 3.71. The summed E-state index contributed by atoms with van der Waals surface area (Å²) in [5, 5.41) is 0. The van der Waals surface area contributed by atoms with Gasteiger partial charge in [0.1, 0.15) is 12.4 Å². The van der Waals surface area contributed by atoms with Crippen LogP contribution in [-0.2, 0) is 4.79 Å². The van der Waals surface area contributed by atoms with Gasteiger partial charge in [0.05, 0.1) is 0 Å². The van der Waals surface area contributed by atoms with Gasteiger partial charge in [-0.05, 0) is 24.6 Å². The molecule has 2 N–H and O–H groups in total. The number of halogens is 1. The summed E-state index contributed by atoms with van der Waals surface area (Å²) in [5.74, 6) is -1.04. The van der Waals surface area contributed by atoms with Crippen molar-refractivity contribution in [2.75, 3.05) is 32.4 Å². The minimum Gasteiger partial charge on any atom is -0.399 e. The van der Waals surface area contributed by atoms with Gasteiger partial charge in [-0.2, -0.15) is 0 Å². The van der Waals surface area contributed by atoms with E-state index >= 15 is 0 Å². The highest BCUT2D eigenvalue weighted by Gasteiger charge is 2.24. The second-order valence-electron chi connectivity index (χ2n) is 4.67. The van der Waals surface area contributed by atoms with Crippen molar-refractivity contribution in [2.24, 2.45) is 0 Å². The third-order valence-corrected chi connectivity index (χ3v) is 3.13. The fraction of sp³-hybridized carbons (Fsp3) is 0.385. The summed E-state index contributed by atoms with van der Waals surface area (Å²) in [7, 11) is 1.70. The number of rotatable bonds is 1. The standard InChI is InChI=1S/C13H16FN3O2/c1-16-3-2-4-17(8-12(16)18)13(19)9-5-10(14)7-11(15)6-9/h5-7H,2-4,8,15H2,1H3. The zero-order chi connectivity index (χ0) is 14.0. The Labute approximate surface area is 110 Å². The van der Waals surface area contributed by atoms with Gasteiger partial charge in [-0.25, -0.2) is 4.39 Å². The smallest absolute Gasteiger partial charge is 0.254 e. The Morgan fingerprint density at radius 1 is 1.32 bits per heavy atom. The summed E-state index contributed by atoms with van der Waals surface area (Å²) in [6.45, 7) is 1.12. The molecule has 0 aliphatic carbocycles. The highest BCUT2D eigenvalue weighted by atomic mass is 19.1. The van der Waals surface area contributed by atoms with E-state index in [9.17, 15) is 14.0 Å². The number of benzene rings is 1. The number of hydrogen-bond donors (Lipinski definition) is 1. The zero-order valence-electron chi connectivity index (χ0n) is 10.7. The van der Waals surface area contributed by atoms with Gasteiger partial charge in [0, 0.05) is 31.4 Å². The van der Waals surface area contributed by atoms with Crippen LogP contribution in [0.15, 0.2) is 18.2 Å². The first kappa shape index (κ1) is 13.3. The number of nitrogens with zero attached hydrogens (tertiary/aromatic N) is 2. The fourth-order valence-electron chi connectivity index (χ4n) is 2.08. The largest absolute Gasteiger partial charge is 0.399 e. The van der Waals surface area contributed by atoms with Crippen molar-refractivity contribution < 1.29 is 14.0 Å². The van der Waals surface area contributed by atoms with E-state index in [4.69, 9.17) is 5.73 Å². The average molecular weight is 265 g/mol. The van der Waals surface area contributed by atoms with Crippen LogP contribution in [0, 0.1) is 5.82 Å². The molecule has 1 saturated heterocycles. The van der Waals surface area contributed by atoms with Crippen LogP contribution in [-0.4, -0.2) is 48.3 Å². The van der Waals surface area contributed by atoms with E-state index in [1.807, 2.05) is 0 Å². The van der Waals surface area contributed by atoms with Crippen LogP contribution >= 0.6 is 0 Å². The predicted molar refractivity (Wildman–Crippen MR) is 69.0 cm³/mol. The third kappa shape index (κ3) is 3.01. The molecule has 5 nitrogen and oxygen atoms in total. The lowest BCUT2D eigenvalue weighted by atomic mass is 10.1. The fourth-order valence-corrected chi connectivity index (χ4v) is 2.08. The molecule has 2 rings (SSSR count). The first-order valence-electron chi connectivity index (χ1n) is 6.06. The van der Waals surface area contributed by atoms with Crippen molar-refractivity contribution in [3.63, 3.8) is 0 Å². The molecule has 0 spiro atoms. The van der Waals surface area contributed by atoms with E-state index in [2.05, 4.69) is 0 Å². The molecule has 0 saturated carbocycles. The number of likely N-dealkylation sites (N-methyl/N-ethyl adjacent to an activating group) is 1. The van der Waals surface area contributed by atoms with Crippen molar-refractivity contribution in [1.82, 2.24) is 9.80 Å². The number of nitrogen functional groups attached to an aromatic ring is 1. The van der Waals surface area contributed by atoms with Crippen LogP contribution in [0.3, 0.4) is 0 Å². The minimum absolute atomic E-state index is 0.0196. The van der Waals surface area contributed by atoms with Gasteiger partial charge in [-0.3, -0.25) is 9.59 Å². The lowest BCUT2D eigenvalue weighted by molar-refractivity contribution is -0.129. The second-order valence-corrected chi connectivity index (χ2v) is 4.67. The molecule has 6 heteroatoms. The SMILES string of the molecule is CN1CCCN(C(=O)c2cc(N)cc(F)c2)CC1=O. The lowest BCUT2D eigenvalue weighted by Crippen LogP contribution is -2.38. The van der Waals surface area contributed by atoms with Gasteiger partial charge >= 0.3 is 0 Å². The molecule has 102 valence electrons. The van der Waals surface area contributed by atoms with Crippen LogP contribution < -0.4 is 5.73 Å². The van der Waals surface area contributed by atoms with Crippen LogP contribution in [0.4, 0.5) is 10.1 Å². The molecule has 0 bridgehead atoms. The molecular formula is C13H16FN3O2. The molecule has 0 radical (unpaired) electrons. The van der Waals surface area contributed by atoms with Gasteiger partial charge in [0.15, 0.2) is 0 Å². The van der Waals surface area contributed by atoms with E-state index in [-0.39, 0.29) is 29.6 Å². The first-order chi connectivity index (χ1) is 8.97. The molecule has 0 unspecified atom stereocenters. The van der Waals surface area contributed by atoms with Crippen molar-refractivity contribution in [2.45, 2.75) is 6.42 Å². The van der Waals surface area contributed by atoms with E-state index in [0.29, 0.717) is 19.5 Å². The monoisotopic (exact) mass is 265 g/mol. The highest BCUT2D eigenvalue weighted by Crippen LogP contribution is 2.14. The lowest BCUT2D eigenvalue weighted by Gasteiger charge is -2.20. The van der Waals surface area contributed by atoms with Gasteiger partial charge in [0.2, 0.25) is 5.91 Å². The Hall–Kier alpha value is -2.11. The molecule has 19 heavy (non-hydrogen) atoms. The molecule has 1 aliphatic heterocycles. The van der Waals surface area contributed by atoms with E-state index in [1.165, 1.54) is 11.0 Å². The summed E-state index contributed by atoms with van der Waals surface area (Å²) in [5.41, 5.74) is 5.89. The molecule has 1 aliphatic rings. The summed E-state index contributed by atoms with van der Waals surface area (Å²) < 4.78 is 13.2. The number of hydrogen-bond acceptors (Lipinski definition) is 3. The number of anilines is 1.